The summed E-state index contributed by atoms with van der Waals surface area (Å²) in [6.07, 6.45) is 6.49. The van der Waals surface area contributed by atoms with E-state index >= 15 is 0 Å². The van der Waals surface area contributed by atoms with E-state index < -0.39 is 10.0 Å². The number of halogens is 1. The van der Waals surface area contributed by atoms with Gasteiger partial charge in [0, 0.05) is 15.8 Å². The van der Waals surface area contributed by atoms with Crippen LogP contribution in [0.5, 0.6) is 0 Å². The molecule has 0 spiro atoms. The van der Waals surface area contributed by atoms with Gasteiger partial charge in [-0.1, -0.05) is 18.9 Å². The van der Waals surface area contributed by atoms with Crippen molar-refractivity contribution in [3.05, 3.63) is 28.2 Å². The molecular weight excluding hydrogens is 374 g/mol. The molecule has 2 N–H and O–H groups in total. The largest absolute Gasteiger partial charge is 0.392 e. The molecule has 0 atom stereocenters. The monoisotopic (exact) mass is 393 g/mol. The van der Waals surface area contributed by atoms with Crippen LogP contribution in [0.2, 0.25) is 0 Å². The molecule has 0 bridgehead atoms. The molecule has 0 aromatic heterocycles. The lowest BCUT2D eigenvalue weighted by Crippen LogP contribution is -2.38. The lowest BCUT2D eigenvalue weighted by molar-refractivity contribution is 0.281. The molecule has 1 aliphatic rings. The Kier molecular flexibility index (Phi) is 5.76. The summed E-state index contributed by atoms with van der Waals surface area (Å²) >= 11 is 5.03. The Morgan fingerprint density at radius 3 is 2.57 bits per heavy atom. The molecule has 0 amide bonds. The predicted octanol–water partition coefficient (Wildman–Crippen LogP) is 2.90. The Morgan fingerprint density at radius 2 is 2.05 bits per heavy atom. The van der Waals surface area contributed by atoms with E-state index in [-0.39, 0.29) is 16.2 Å². The summed E-state index contributed by atoms with van der Waals surface area (Å²) < 4.78 is 28.2. The summed E-state index contributed by atoms with van der Waals surface area (Å²) in [5.74, 6) is 0. The first-order chi connectivity index (χ1) is 9.92. The third kappa shape index (κ3) is 4.01. The number of thioether (sulfide) groups is 1. The maximum Gasteiger partial charge on any atom is 0.241 e. The van der Waals surface area contributed by atoms with Gasteiger partial charge in [0.25, 0.3) is 0 Å². The summed E-state index contributed by atoms with van der Waals surface area (Å²) in [7, 11) is -3.54. The average Bonchev–Trinajstić information content (AvgIpc) is 2.94. The minimum Gasteiger partial charge on any atom is -0.392 e. The van der Waals surface area contributed by atoms with Crippen LogP contribution < -0.4 is 4.72 Å². The highest BCUT2D eigenvalue weighted by atomic mass is 79.9. The van der Waals surface area contributed by atoms with Crippen molar-refractivity contribution >= 4 is 37.7 Å². The molecular formula is C14H20BrNO3S2. The first kappa shape index (κ1) is 17.3. The number of hydrogen-bond donors (Lipinski definition) is 2. The van der Waals surface area contributed by atoms with Crippen LogP contribution in [0.4, 0.5) is 0 Å². The van der Waals surface area contributed by atoms with Crippen molar-refractivity contribution < 1.29 is 13.5 Å². The maximum absolute atomic E-state index is 12.5. The molecule has 118 valence electrons. The van der Waals surface area contributed by atoms with E-state index in [1.807, 2.05) is 6.26 Å². The third-order valence-corrected chi connectivity index (χ3v) is 7.80. The zero-order valence-corrected chi connectivity index (χ0v) is 15.2. The van der Waals surface area contributed by atoms with Crippen molar-refractivity contribution in [3.8, 4) is 0 Å². The van der Waals surface area contributed by atoms with E-state index in [1.165, 1.54) is 6.07 Å². The maximum atomic E-state index is 12.5. The Morgan fingerprint density at radius 1 is 1.38 bits per heavy atom. The smallest absolute Gasteiger partial charge is 0.241 e. The summed E-state index contributed by atoms with van der Waals surface area (Å²) in [5, 5.41) is 9.08. The summed E-state index contributed by atoms with van der Waals surface area (Å²) in [6.45, 7) is 0.354. The first-order valence-corrected chi connectivity index (χ1v) is 10.4. The van der Waals surface area contributed by atoms with Crippen molar-refractivity contribution in [3.63, 3.8) is 0 Å². The molecule has 1 aromatic rings. The number of aliphatic hydroxyl groups is 1. The number of aliphatic hydroxyl groups excluding tert-OH is 1. The minimum atomic E-state index is -3.54. The van der Waals surface area contributed by atoms with E-state index in [9.17, 15) is 8.42 Å². The molecule has 2 rings (SSSR count). The SMILES string of the molecule is CSC1(CNS(=O)(=O)c2ccc(CO)cc2Br)CCCC1. The van der Waals surface area contributed by atoms with Crippen molar-refractivity contribution in [1.29, 1.82) is 0 Å². The van der Waals surface area contributed by atoms with Crippen LogP contribution in [-0.4, -0.2) is 31.1 Å². The van der Waals surface area contributed by atoms with E-state index in [4.69, 9.17) is 5.11 Å². The number of rotatable bonds is 6. The lowest BCUT2D eigenvalue weighted by Gasteiger charge is -2.26. The molecule has 0 unspecified atom stereocenters. The number of benzene rings is 1. The predicted molar refractivity (Wildman–Crippen MR) is 90.0 cm³/mol. The highest BCUT2D eigenvalue weighted by molar-refractivity contribution is 9.10. The van der Waals surface area contributed by atoms with Gasteiger partial charge >= 0.3 is 0 Å². The van der Waals surface area contributed by atoms with Crippen molar-refractivity contribution in [2.24, 2.45) is 0 Å². The van der Waals surface area contributed by atoms with E-state index in [1.54, 1.807) is 23.9 Å². The van der Waals surface area contributed by atoms with Crippen LogP contribution in [0.1, 0.15) is 31.2 Å². The van der Waals surface area contributed by atoms with E-state index in [0.717, 1.165) is 25.7 Å². The Labute approximate surface area is 138 Å². The Hall–Kier alpha value is -0.0800. The van der Waals surface area contributed by atoms with Gasteiger partial charge in [-0.25, -0.2) is 13.1 Å². The average molecular weight is 394 g/mol. The molecule has 0 aliphatic heterocycles. The number of sulfonamides is 1. The van der Waals surface area contributed by atoms with Crippen LogP contribution >= 0.6 is 27.7 Å². The fourth-order valence-corrected chi connectivity index (χ4v) is 5.89. The number of hydrogen-bond acceptors (Lipinski definition) is 4. The zero-order valence-electron chi connectivity index (χ0n) is 11.9. The zero-order chi connectivity index (χ0) is 15.5. The van der Waals surface area contributed by atoms with Crippen LogP contribution in [-0.2, 0) is 16.6 Å². The highest BCUT2D eigenvalue weighted by Crippen LogP contribution is 2.40. The van der Waals surface area contributed by atoms with Gasteiger partial charge in [-0.2, -0.15) is 11.8 Å². The molecule has 7 heteroatoms. The fourth-order valence-electron chi connectivity index (χ4n) is 2.64. The normalized spacial score (nSPS) is 18.0. The second-order valence-electron chi connectivity index (χ2n) is 5.34. The van der Waals surface area contributed by atoms with Gasteiger partial charge in [-0.3, -0.25) is 0 Å². The van der Waals surface area contributed by atoms with Crippen molar-refractivity contribution in [2.75, 3.05) is 12.8 Å². The summed E-state index contributed by atoms with van der Waals surface area (Å²) in [5.41, 5.74) is 0.678. The quantitative estimate of drug-likeness (QED) is 0.779. The lowest BCUT2D eigenvalue weighted by atomic mass is 10.1. The van der Waals surface area contributed by atoms with E-state index in [0.29, 0.717) is 16.6 Å². The van der Waals surface area contributed by atoms with Gasteiger partial charge in [0.1, 0.15) is 0 Å². The van der Waals surface area contributed by atoms with Crippen molar-refractivity contribution in [1.82, 2.24) is 4.72 Å². The van der Waals surface area contributed by atoms with Crippen LogP contribution in [0.15, 0.2) is 27.6 Å². The van der Waals surface area contributed by atoms with Gasteiger partial charge < -0.3 is 5.11 Å². The molecule has 1 aromatic carbocycles. The van der Waals surface area contributed by atoms with Gasteiger partial charge in [0.15, 0.2) is 0 Å². The van der Waals surface area contributed by atoms with Crippen LogP contribution in [0, 0.1) is 0 Å². The molecule has 0 heterocycles. The minimum absolute atomic E-state index is 0.0323. The molecule has 4 nitrogen and oxygen atoms in total. The second-order valence-corrected chi connectivity index (χ2v) is 9.21. The fraction of sp³-hybridized carbons (Fsp3) is 0.571. The van der Waals surface area contributed by atoms with Crippen LogP contribution in [0.25, 0.3) is 0 Å². The molecule has 0 radical (unpaired) electrons. The third-order valence-electron chi connectivity index (χ3n) is 4.00. The Balaban J connectivity index is 2.15. The van der Waals surface area contributed by atoms with Crippen LogP contribution in [0.3, 0.4) is 0 Å². The van der Waals surface area contributed by atoms with Gasteiger partial charge in [-0.15, -0.1) is 0 Å². The molecule has 1 saturated carbocycles. The summed E-state index contributed by atoms with van der Waals surface area (Å²) in [6, 6.07) is 4.78. The van der Waals surface area contributed by atoms with Gasteiger partial charge in [0.05, 0.1) is 11.5 Å². The number of nitrogens with one attached hydrogen (secondary N) is 1. The molecule has 1 fully saturated rings. The summed E-state index contributed by atoms with van der Waals surface area (Å²) in [4.78, 5) is 0.217. The molecule has 0 saturated heterocycles. The first-order valence-electron chi connectivity index (χ1n) is 6.86. The topological polar surface area (TPSA) is 66.4 Å². The second kappa shape index (κ2) is 7.00. The Bertz CT molecular complexity index is 598. The van der Waals surface area contributed by atoms with Crippen molar-refractivity contribution in [2.45, 2.75) is 41.9 Å². The standard InChI is InChI=1S/C14H20BrNO3S2/c1-20-14(6-2-3-7-14)10-16-21(18,19)13-5-4-11(9-17)8-12(13)15/h4-5,8,16-17H,2-3,6-7,9-10H2,1H3. The van der Waals surface area contributed by atoms with Gasteiger partial charge in [-0.05, 0) is 52.7 Å². The molecule has 21 heavy (non-hydrogen) atoms. The molecule has 1 aliphatic carbocycles. The van der Waals surface area contributed by atoms with E-state index in [2.05, 4.69) is 20.7 Å². The highest BCUT2D eigenvalue weighted by Gasteiger charge is 2.34. The van der Waals surface area contributed by atoms with Gasteiger partial charge in [0.2, 0.25) is 10.0 Å².